The van der Waals surface area contributed by atoms with Crippen molar-refractivity contribution in [2.75, 3.05) is 0 Å². The van der Waals surface area contributed by atoms with Gasteiger partial charge in [0.05, 0.1) is 35.2 Å². The summed E-state index contributed by atoms with van der Waals surface area (Å²) in [7, 11) is 9.53. The average Bonchev–Trinajstić information content (AvgIpc) is 3.64. The standard InChI is InChI=1S/C42H33B2N3.2ClH.Fe/c1-5-13-33(14-6-1)43(34-15-7-2-8-16-34)37-21-25-39(26-22-37)45-31-41-29-30-42(47-41)32-46-40-27-23-38(24-28-40)44(35-17-9-3-10-18-35)36-19-11-4-12-20-36;;;/h1-32,47H;2*1H;/q;;;+2/p-2. The summed E-state index contributed by atoms with van der Waals surface area (Å²) in [5.74, 6) is 0. The van der Waals surface area contributed by atoms with Crippen LogP contribution in [0.4, 0.5) is 11.4 Å². The van der Waals surface area contributed by atoms with Crippen LogP contribution in [0.5, 0.6) is 0 Å². The van der Waals surface area contributed by atoms with Crippen molar-refractivity contribution in [1.82, 2.24) is 4.98 Å². The van der Waals surface area contributed by atoms with Crippen LogP contribution in [-0.2, 0) is 13.1 Å². The van der Waals surface area contributed by atoms with Crippen molar-refractivity contribution in [1.29, 1.82) is 0 Å². The van der Waals surface area contributed by atoms with Gasteiger partial charge >= 0.3 is 33.3 Å². The second-order valence-corrected chi connectivity index (χ2v) is 13.5. The third-order valence-corrected chi connectivity index (χ3v) is 8.42. The summed E-state index contributed by atoms with van der Waals surface area (Å²) < 4.78 is 0. The first kappa shape index (κ1) is 35.0. The molecule has 6 aromatic carbocycles. The molecule has 0 saturated heterocycles. The molecule has 0 spiro atoms. The third kappa shape index (κ3) is 9.44. The van der Waals surface area contributed by atoms with Crippen molar-refractivity contribution in [2.45, 2.75) is 0 Å². The number of benzene rings is 6. The number of aromatic amines is 1. The summed E-state index contributed by atoms with van der Waals surface area (Å²) in [4.78, 5) is 12.9. The molecule has 0 aliphatic rings. The zero-order valence-electron chi connectivity index (χ0n) is 27.1. The molecule has 244 valence electrons. The topological polar surface area (TPSA) is 40.5 Å². The van der Waals surface area contributed by atoms with E-state index in [4.69, 9.17) is 30.2 Å². The Balaban J connectivity index is 0.00000139. The summed E-state index contributed by atoms with van der Waals surface area (Å²) in [6.45, 7) is 0.345. The summed E-state index contributed by atoms with van der Waals surface area (Å²) in [5, 5.41) is 0. The summed E-state index contributed by atoms with van der Waals surface area (Å²) >= 11 is 0.194. The average molecular weight is 728 g/mol. The van der Waals surface area contributed by atoms with Gasteiger partial charge < -0.3 is 4.98 Å². The van der Waals surface area contributed by atoms with E-state index in [0.717, 1.165) is 22.8 Å². The van der Waals surface area contributed by atoms with Gasteiger partial charge in [-0.3, -0.25) is 9.98 Å². The van der Waals surface area contributed by atoms with Crippen LogP contribution in [0.15, 0.2) is 192 Å². The normalized spacial score (nSPS) is 11.0. The van der Waals surface area contributed by atoms with E-state index in [-0.39, 0.29) is 26.6 Å². The first-order valence-corrected chi connectivity index (χ1v) is 19.3. The predicted molar refractivity (Wildman–Crippen MR) is 215 cm³/mol. The molecule has 7 aromatic rings. The zero-order valence-corrected chi connectivity index (χ0v) is 29.7. The van der Waals surface area contributed by atoms with E-state index in [1.807, 2.05) is 24.6 Å². The maximum absolute atomic E-state index is 4.76. The Morgan fingerprint density at radius 1 is 0.380 bits per heavy atom. The molecule has 0 fully saturated rings. The van der Waals surface area contributed by atoms with Gasteiger partial charge in [-0.1, -0.05) is 178 Å². The van der Waals surface area contributed by atoms with Crippen molar-refractivity contribution in [3.05, 3.63) is 193 Å². The van der Waals surface area contributed by atoms with Crippen molar-refractivity contribution in [3.63, 3.8) is 0 Å². The van der Waals surface area contributed by atoms with Crippen LogP contribution >= 0.6 is 20.2 Å². The molecule has 1 heterocycles. The molecule has 0 saturated carbocycles. The predicted octanol–water partition coefficient (Wildman–Crippen LogP) is 6.92. The fraction of sp³-hybridized carbons (Fsp3) is 0. The molecule has 7 rings (SSSR count). The van der Waals surface area contributed by atoms with Gasteiger partial charge in [-0.15, -0.1) is 0 Å². The van der Waals surface area contributed by atoms with Crippen LogP contribution in [-0.4, -0.2) is 30.8 Å². The summed E-state index contributed by atoms with van der Waals surface area (Å²) in [6.07, 6.45) is 3.72. The Hall–Kier alpha value is -4.83. The van der Waals surface area contributed by atoms with E-state index in [2.05, 4.69) is 175 Å². The van der Waals surface area contributed by atoms with Crippen molar-refractivity contribution in [2.24, 2.45) is 9.98 Å². The number of H-pyrrole nitrogens is 1. The molecule has 0 bridgehead atoms. The van der Waals surface area contributed by atoms with Crippen LogP contribution in [0.25, 0.3) is 0 Å². The van der Waals surface area contributed by atoms with Crippen LogP contribution < -0.4 is 32.8 Å². The minimum atomic E-state index is 0.172. The van der Waals surface area contributed by atoms with Crippen LogP contribution in [0.2, 0.25) is 0 Å². The van der Waals surface area contributed by atoms with Crippen LogP contribution in [0, 0.1) is 0 Å². The van der Waals surface area contributed by atoms with Gasteiger partial charge in [0, 0.05) is 0 Å². The molecule has 0 radical (unpaired) electrons. The molecule has 0 atom stereocenters. The molecule has 0 amide bonds. The van der Waals surface area contributed by atoms with E-state index in [1.165, 1.54) is 32.8 Å². The first-order valence-electron chi connectivity index (χ1n) is 16.2. The first-order chi connectivity index (χ1) is 24.7. The molecule has 0 aliphatic carbocycles. The molecule has 8 heteroatoms. The number of hydrogen-bond donors (Lipinski definition) is 1. The summed E-state index contributed by atoms with van der Waals surface area (Å²) in [6, 6.07) is 63.7. The van der Waals surface area contributed by atoms with Gasteiger partial charge in [-0.2, -0.15) is 0 Å². The van der Waals surface area contributed by atoms with Gasteiger partial charge in [0.15, 0.2) is 0 Å². The van der Waals surface area contributed by atoms with Crippen molar-refractivity contribution >= 4 is 90.2 Å². The van der Waals surface area contributed by atoms with E-state index in [1.54, 1.807) is 0 Å². The maximum atomic E-state index is 4.76. The second kappa shape index (κ2) is 18.2. The van der Waals surface area contributed by atoms with Gasteiger partial charge in [-0.05, 0) is 36.4 Å². The number of rotatable bonds is 10. The zero-order chi connectivity index (χ0) is 34.4. The second-order valence-electron chi connectivity index (χ2n) is 11.6. The molecule has 1 aromatic heterocycles. The number of aliphatic imine (C=N–C) groups is 2. The van der Waals surface area contributed by atoms with E-state index >= 15 is 0 Å². The number of nitrogens with zero attached hydrogens (tertiary/aromatic N) is 2. The number of aromatic nitrogens is 1. The molecule has 0 unspecified atom stereocenters. The fourth-order valence-electron chi connectivity index (χ4n) is 6.11. The van der Waals surface area contributed by atoms with Gasteiger partial charge in [0.25, 0.3) is 0 Å². The Morgan fingerprint density at radius 3 is 0.920 bits per heavy atom. The number of nitrogens with one attached hydrogen (secondary N) is 1. The fourth-order valence-corrected chi connectivity index (χ4v) is 6.11. The van der Waals surface area contributed by atoms with Crippen molar-refractivity contribution < 1.29 is 13.1 Å². The molecule has 50 heavy (non-hydrogen) atoms. The molecular formula is C42H33B2Cl2FeN3. The van der Waals surface area contributed by atoms with Crippen LogP contribution in [0.1, 0.15) is 11.4 Å². The SMILES string of the molecule is C(=Nc1ccc(B(c2ccccc2)c2ccccc2)cc1)c1ccc(C=Nc2ccc(B(c3ccccc3)c3ccccc3)cc2)[nH]1.[Cl][Fe][Cl]. The van der Waals surface area contributed by atoms with Crippen molar-refractivity contribution in [3.8, 4) is 0 Å². The van der Waals surface area contributed by atoms with Gasteiger partial charge in [0.2, 0.25) is 13.4 Å². The third-order valence-electron chi connectivity index (χ3n) is 8.42. The monoisotopic (exact) mass is 727 g/mol. The quantitative estimate of drug-likeness (QED) is 0.117. The molecule has 3 nitrogen and oxygen atoms in total. The Labute approximate surface area is 309 Å². The van der Waals surface area contributed by atoms with Gasteiger partial charge in [0.1, 0.15) is 0 Å². The Bertz CT molecular complexity index is 1860. The van der Waals surface area contributed by atoms with E-state index in [9.17, 15) is 0 Å². The minimum absolute atomic E-state index is 0.172. The van der Waals surface area contributed by atoms with Crippen LogP contribution in [0.3, 0.4) is 0 Å². The molecule has 0 aliphatic heterocycles. The molecule has 1 N–H and O–H groups in total. The summed E-state index contributed by atoms with van der Waals surface area (Å²) in [5.41, 5.74) is 11.2. The Morgan fingerprint density at radius 2 is 0.640 bits per heavy atom. The Kier molecular flexibility index (Phi) is 12.8. The van der Waals surface area contributed by atoms with Gasteiger partial charge in [-0.25, -0.2) is 0 Å². The van der Waals surface area contributed by atoms with E-state index < -0.39 is 0 Å². The molecular weight excluding hydrogens is 695 g/mol. The number of halogens is 2. The number of hydrogen-bond acceptors (Lipinski definition) is 2. The van der Waals surface area contributed by atoms with E-state index in [0.29, 0.717) is 0 Å².